The van der Waals surface area contributed by atoms with Crippen molar-refractivity contribution in [1.29, 1.82) is 0 Å². The van der Waals surface area contributed by atoms with Crippen molar-refractivity contribution in [3.8, 4) is 5.75 Å². The lowest BCUT2D eigenvalue weighted by Crippen LogP contribution is -2.19. The van der Waals surface area contributed by atoms with Crippen molar-refractivity contribution in [2.45, 2.75) is 19.5 Å². The highest BCUT2D eigenvalue weighted by molar-refractivity contribution is 7.09. The van der Waals surface area contributed by atoms with Crippen molar-refractivity contribution in [3.05, 3.63) is 46.2 Å². The summed E-state index contributed by atoms with van der Waals surface area (Å²) in [5.41, 5.74) is 2.34. The third-order valence-corrected chi connectivity index (χ3v) is 3.51. The van der Waals surface area contributed by atoms with Gasteiger partial charge in [-0.1, -0.05) is 6.07 Å². The monoisotopic (exact) mass is 266 g/mol. The first-order chi connectivity index (χ1) is 8.72. The summed E-state index contributed by atoms with van der Waals surface area (Å²) >= 11 is 1.58. The summed E-state index contributed by atoms with van der Waals surface area (Å²) in [6, 6.07) is 4.74. The summed E-state index contributed by atoms with van der Waals surface area (Å²) in [7, 11) is 1.55. The lowest BCUT2D eigenvalue weighted by atomic mass is 10.1. The zero-order chi connectivity index (χ0) is 13.0. The predicted octanol–water partition coefficient (Wildman–Crippen LogP) is 3.14. The number of rotatable bonds is 5. The van der Waals surface area contributed by atoms with Crippen LogP contribution in [0.5, 0.6) is 5.75 Å². The Kier molecular flexibility index (Phi) is 4.28. The molecule has 18 heavy (non-hydrogen) atoms. The highest BCUT2D eigenvalue weighted by atomic mass is 32.1. The minimum absolute atomic E-state index is 0.122. The molecule has 0 amide bonds. The van der Waals surface area contributed by atoms with Gasteiger partial charge in [0.05, 0.1) is 12.6 Å². The smallest absolute Gasteiger partial charge is 0.131 e. The number of nitrogens with one attached hydrogen (secondary N) is 1. The van der Waals surface area contributed by atoms with E-state index < -0.39 is 0 Å². The number of ether oxygens (including phenoxy) is 1. The van der Waals surface area contributed by atoms with E-state index in [1.165, 1.54) is 6.07 Å². The molecular formula is C13H15FN2OS. The summed E-state index contributed by atoms with van der Waals surface area (Å²) < 4.78 is 19.0. The lowest BCUT2D eigenvalue weighted by Gasteiger charge is -2.17. The van der Waals surface area contributed by atoms with Gasteiger partial charge in [-0.2, -0.15) is 0 Å². The number of methoxy groups -OCH3 is 1. The van der Waals surface area contributed by atoms with Gasteiger partial charge in [0.25, 0.3) is 0 Å². The Bertz CT molecular complexity index is 502. The minimum atomic E-state index is -0.251. The van der Waals surface area contributed by atoms with Crippen molar-refractivity contribution >= 4 is 11.3 Å². The Labute approximate surface area is 110 Å². The second-order valence-corrected chi connectivity index (χ2v) is 4.90. The molecule has 5 heteroatoms. The molecule has 1 atom stereocenters. The van der Waals surface area contributed by atoms with Crippen LogP contribution in [-0.2, 0) is 6.54 Å². The number of halogens is 1. The van der Waals surface area contributed by atoms with Crippen LogP contribution in [-0.4, -0.2) is 12.1 Å². The Morgan fingerprint density at radius 3 is 3.00 bits per heavy atom. The minimum Gasteiger partial charge on any atom is -0.496 e. The first-order valence-electron chi connectivity index (χ1n) is 5.65. The van der Waals surface area contributed by atoms with Crippen LogP contribution in [0.15, 0.2) is 29.9 Å². The standard InChI is InChI=1S/C13H15FN2OS/c1-9(16-7-10-6-15-8-18-10)13-11(14)4-3-5-12(13)17-2/h3-6,8-9,16H,7H2,1-2H3. The Hall–Kier alpha value is -1.46. The van der Waals surface area contributed by atoms with E-state index in [0.717, 1.165) is 4.88 Å². The fourth-order valence-electron chi connectivity index (χ4n) is 1.80. The number of nitrogens with zero attached hydrogens (tertiary/aromatic N) is 1. The maximum atomic E-state index is 13.8. The molecule has 1 aromatic heterocycles. The maximum absolute atomic E-state index is 13.8. The third-order valence-electron chi connectivity index (χ3n) is 2.73. The summed E-state index contributed by atoms with van der Waals surface area (Å²) in [5, 5.41) is 3.27. The molecule has 1 N–H and O–H groups in total. The first kappa shape index (κ1) is 13.0. The van der Waals surface area contributed by atoms with E-state index in [0.29, 0.717) is 17.9 Å². The van der Waals surface area contributed by atoms with Crippen LogP contribution in [0.4, 0.5) is 4.39 Å². The molecule has 0 saturated heterocycles. The number of thiazole rings is 1. The zero-order valence-electron chi connectivity index (χ0n) is 10.3. The normalized spacial score (nSPS) is 12.4. The van der Waals surface area contributed by atoms with Crippen LogP contribution in [0.2, 0.25) is 0 Å². The number of aromatic nitrogens is 1. The zero-order valence-corrected chi connectivity index (χ0v) is 11.1. The van der Waals surface area contributed by atoms with E-state index in [4.69, 9.17) is 4.74 Å². The van der Waals surface area contributed by atoms with E-state index >= 15 is 0 Å². The fraction of sp³-hybridized carbons (Fsp3) is 0.308. The highest BCUT2D eigenvalue weighted by Gasteiger charge is 2.15. The molecule has 0 saturated carbocycles. The molecule has 2 aromatic rings. The van der Waals surface area contributed by atoms with E-state index in [-0.39, 0.29) is 11.9 Å². The van der Waals surface area contributed by atoms with Gasteiger partial charge in [-0.3, -0.25) is 4.98 Å². The lowest BCUT2D eigenvalue weighted by molar-refractivity contribution is 0.393. The van der Waals surface area contributed by atoms with Gasteiger partial charge >= 0.3 is 0 Å². The van der Waals surface area contributed by atoms with Gasteiger partial charge < -0.3 is 10.1 Å². The van der Waals surface area contributed by atoms with Crippen LogP contribution < -0.4 is 10.1 Å². The fourth-order valence-corrected chi connectivity index (χ4v) is 2.35. The molecule has 1 aromatic carbocycles. The van der Waals surface area contributed by atoms with Crippen LogP contribution in [0.25, 0.3) is 0 Å². The summed E-state index contributed by atoms with van der Waals surface area (Å²) in [4.78, 5) is 5.13. The molecule has 0 aliphatic heterocycles. The molecule has 1 unspecified atom stereocenters. The SMILES string of the molecule is COc1cccc(F)c1C(C)NCc1cncs1. The van der Waals surface area contributed by atoms with E-state index in [1.54, 1.807) is 36.1 Å². The molecule has 96 valence electrons. The van der Waals surface area contributed by atoms with Crippen LogP contribution in [0.1, 0.15) is 23.4 Å². The van der Waals surface area contributed by atoms with Crippen molar-refractivity contribution < 1.29 is 9.13 Å². The van der Waals surface area contributed by atoms with Crippen molar-refractivity contribution in [2.24, 2.45) is 0 Å². The average Bonchev–Trinajstić information content (AvgIpc) is 2.88. The Morgan fingerprint density at radius 2 is 2.33 bits per heavy atom. The molecule has 0 spiro atoms. The maximum Gasteiger partial charge on any atom is 0.131 e. The number of hydrogen-bond donors (Lipinski definition) is 1. The topological polar surface area (TPSA) is 34.1 Å². The molecular weight excluding hydrogens is 251 g/mol. The molecule has 0 radical (unpaired) electrons. The van der Waals surface area contributed by atoms with Gasteiger partial charge in [-0.25, -0.2) is 4.39 Å². The van der Waals surface area contributed by atoms with E-state index in [1.807, 2.05) is 13.1 Å². The molecule has 0 aliphatic carbocycles. The molecule has 0 bridgehead atoms. The largest absolute Gasteiger partial charge is 0.496 e. The summed E-state index contributed by atoms with van der Waals surface area (Å²) in [6.45, 7) is 2.59. The van der Waals surface area contributed by atoms with Crippen molar-refractivity contribution in [2.75, 3.05) is 7.11 Å². The Balaban J connectivity index is 2.10. The van der Waals surface area contributed by atoms with Gasteiger partial charge in [0.1, 0.15) is 11.6 Å². The summed E-state index contributed by atoms with van der Waals surface area (Å²) in [5.74, 6) is 0.318. The van der Waals surface area contributed by atoms with Gasteiger partial charge in [0.2, 0.25) is 0 Å². The number of hydrogen-bond acceptors (Lipinski definition) is 4. The highest BCUT2D eigenvalue weighted by Crippen LogP contribution is 2.27. The third kappa shape index (κ3) is 2.86. The van der Waals surface area contributed by atoms with Gasteiger partial charge in [0.15, 0.2) is 0 Å². The molecule has 2 rings (SSSR count). The average molecular weight is 266 g/mol. The second-order valence-electron chi connectivity index (χ2n) is 3.93. The molecule has 3 nitrogen and oxygen atoms in total. The van der Waals surface area contributed by atoms with Gasteiger partial charge in [0, 0.05) is 29.2 Å². The van der Waals surface area contributed by atoms with Crippen LogP contribution in [0.3, 0.4) is 0 Å². The number of benzene rings is 1. The molecule has 0 aliphatic rings. The van der Waals surface area contributed by atoms with Crippen LogP contribution in [0, 0.1) is 5.82 Å². The van der Waals surface area contributed by atoms with Crippen molar-refractivity contribution in [3.63, 3.8) is 0 Å². The van der Waals surface area contributed by atoms with Crippen molar-refractivity contribution in [1.82, 2.24) is 10.3 Å². The van der Waals surface area contributed by atoms with Gasteiger partial charge in [-0.15, -0.1) is 11.3 Å². The predicted molar refractivity (Wildman–Crippen MR) is 70.3 cm³/mol. The quantitative estimate of drug-likeness (QED) is 0.902. The van der Waals surface area contributed by atoms with E-state index in [2.05, 4.69) is 10.3 Å². The second kappa shape index (κ2) is 5.93. The first-order valence-corrected chi connectivity index (χ1v) is 6.53. The van der Waals surface area contributed by atoms with Gasteiger partial charge in [-0.05, 0) is 19.1 Å². The summed E-state index contributed by atoms with van der Waals surface area (Å²) in [6.07, 6.45) is 1.81. The van der Waals surface area contributed by atoms with E-state index in [9.17, 15) is 4.39 Å². The molecule has 0 fully saturated rings. The Morgan fingerprint density at radius 1 is 1.50 bits per heavy atom. The van der Waals surface area contributed by atoms with Crippen LogP contribution >= 0.6 is 11.3 Å². The molecule has 1 heterocycles.